The van der Waals surface area contributed by atoms with Gasteiger partial charge < -0.3 is 0 Å². The first kappa shape index (κ1) is 15.8. The Morgan fingerprint density at radius 2 is 1.00 bits per heavy atom. The molecule has 3 fully saturated rings. The molecule has 0 unspecified atom stereocenters. The molecular formula is C18H29N3OP+. The number of para-hydroxylation sites is 1. The van der Waals surface area contributed by atoms with Crippen LogP contribution in [0, 0.1) is 0 Å². The van der Waals surface area contributed by atoms with E-state index in [4.69, 9.17) is 4.52 Å². The van der Waals surface area contributed by atoms with Gasteiger partial charge in [-0.2, -0.15) is 0 Å². The van der Waals surface area contributed by atoms with Gasteiger partial charge in [-0.05, 0) is 50.7 Å². The van der Waals surface area contributed by atoms with Crippen molar-refractivity contribution in [2.75, 3.05) is 39.3 Å². The molecule has 126 valence electrons. The van der Waals surface area contributed by atoms with E-state index in [0.717, 1.165) is 5.75 Å². The molecule has 0 amide bonds. The monoisotopic (exact) mass is 334 g/mol. The van der Waals surface area contributed by atoms with Crippen molar-refractivity contribution in [2.45, 2.75) is 38.5 Å². The highest BCUT2D eigenvalue weighted by Crippen LogP contribution is 2.70. The van der Waals surface area contributed by atoms with E-state index < -0.39 is 7.94 Å². The van der Waals surface area contributed by atoms with Gasteiger partial charge in [0, 0.05) is 39.3 Å². The van der Waals surface area contributed by atoms with Crippen LogP contribution in [0.2, 0.25) is 0 Å². The Labute approximate surface area is 141 Å². The molecular weight excluding hydrogens is 305 g/mol. The summed E-state index contributed by atoms with van der Waals surface area (Å²) in [5, 5.41) is 0. The Balaban J connectivity index is 1.71. The Morgan fingerprint density at radius 3 is 1.39 bits per heavy atom. The van der Waals surface area contributed by atoms with E-state index in [-0.39, 0.29) is 0 Å². The van der Waals surface area contributed by atoms with E-state index in [1.54, 1.807) is 0 Å². The lowest BCUT2D eigenvalue weighted by atomic mass is 10.3. The molecule has 1 aromatic rings. The van der Waals surface area contributed by atoms with E-state index in [1.807, 2.05) is 0 Å². The summed E-state index contributed by atoms with van der Waals surface area (Å²) in [4.78, 5) is 0. The lowest BCUT2D eigenvalue weighted by Crippen LogP contribution is -2.45. The maximum absolute atomic E-state index is 6.94. The summed E-state index contributed by atoms with van der Waals surface area (Å²) in [5.41, 5.74) is 0. The number of hydrogen-bond donors (Lipinski definition) is 0. The summed E-state index contributed by atoms with van der Waals surface area (Å²) in [5.74, 6) is 1.05. The van der Waals surface area contributed by atoms with Crippen molar-refractivity contribution >= 4 is 7.94 Å². The van der Waals surface area contributed by atoms with Crippen molar-refractivity contribution in [2.24, 2.45) is 0 Å². The zero-order valence-corrected chi connectivity index (χ0v) is 15.0. The summed E-state index contributed by atoms with van der Waals surface area (Å²) in [6.45, 7) is 7.21. The largest absolute Gasteiger partial charge is 0.417 e. The molecule has 0 atom stereocenters. The minimum atomic E-state index is -1.86. The summed E-state index contributed by atoms with van der Waals surface area (Å²) in [6, 6.07) is 10.5. The third-order valence-electron chi connectivity index (χ3n) is 5.32. The molecule has 0 N–H and O–H groups in total. The molecule has 1 aromatic carbocycles. The second kappa shape index (κ2) is 7.06. The molecule has 0 bridgehead atoms. The highest BCUT2D eigenvalue weighted by atomic mass is 31.2. The van der Waals surface area contributed by atoms with Crippen LogP contribution in [-0.4, -0.2) is 53.3 Å². The Morgan fingerprint density at radius 1 is 0.609 bits per heavy atom. The van der Waals surface area contributed by atoms with Crippen LogP contribution in [0.3, 0.4) is 0 Å². The van der Waals surface area contributed by atoms with E-state index in [2.05, 4.69) is 44.3 Å². The summed E-state index contributed by atoms with van der Waals surface area (Å²) in [7, 11) is -1.86. The zero-order chi connectivity index (χ0) is 15.5. The fourth-order valence-corrected chi connectivity index (χ4v) is 8.45. The molecule has 4 nitrogen and oxygen atoms in total. The van der Waals surface area contributed by atoms with Crippen LogP contribution in [0.4, 0.5) is 0 Å². The van der Waals surface area contributed by atoms with Crippen molar-refractivity contribution in [3.8, 4) is 5.75 Å². The Kier molecular flexibility index (Phi) is 4.86. The molecule has 5 heteroatoms. The standard InChI is InChI=1S/C18H29N3OP/c1-2-10-18(11-3-1)22-23(19-12-4-5-13-19,20-14-6-7-15-20)21-16-8-9-17-21/h1-3,10-11H,4-9,12-17H2/q+1. The predicted octanol–water partition coefficient (Wildman–Crippen LogP) is 4.03. The van der Waals surface area contributed by atoms with Gasteiger partial charge in [-0.3, -0.25) is 4.52 Å². The van der Waals surface area contributed by atoms with E-state index in [9.17, 15) is 0 Å². The normalized spacial score (nSPS) is 24.5. The van der Waals surface area contributed by atoms with Crippen LogP contribution in [-0.2, 0) is 0 Å². The van der Waals surface area contributed by atoms with Crippen LogP contribution in [0.15, 0.2) is 30.3 Å². The minimum absolute atomic E-state index is 1.05. The second-order valence-electron chi connectivity index (χ2n) is 6.90. The molecule has 23 heavy (non-hydrogen) atoms. The first-order chi connectivity index (χ1) is 11.4. The van der Waals surface area contributed by atoms with E-state index in [1.165, 1.54) is 77.8 Å². The van der Waals surface area contributed by atoms with Gasteiger partial charge in [0.05, 0.1) is 0 Å². The fourth-order valence-electron chi connectivity index (χ4n) is 4.22. The predicted molar refractivity (Wildman–Crippen MR) is 96.4 cm³/mol. The van der Waals surface area contributed by atoms with Crippen molar-refractivity contribution in [3.63, 3.8) is 0 Å². The van der Waals surface area contributed by atoms with Gasteiger partial charge in [0.15, 0.2) is 5.75 Å². The van der Waals surface area contributed by atoms with Gasteiger partial charge in [-0.25, -0.2) is 0 Å². The molecule has 4 rings (SSSR count). The average Bonchev–Trinajstić information content (AvgIpc) is 3.38. The zero-order valence-electron chi connectivity index (χ0n) is 14.1. The number of hydrogen-bond acceptors (Lipinski definition) is 4. The van der Waals surface area contributed by atoms with Crippen molar-refractivity contribution in [3.05, 3.63) is 30.3 Å². The molecule has 0 saturated carbocycles. The van der Waals surface area contributed by atoms with Crippen molar-refractivity contribution in [1.82, 2.24) is 14.0 Å². The molecule has 0 aromatic heterocycles. The molecule has 3 aliphatic rings. The highest BCUT2D eigenvalue weighted by Gasteiger charge is 2.62. The smallest absolute Gasteiger partial charge is 0.292 e. The Bertz CT molecular complexity index is 453. The third-order valence-corrected chi connectivity index (χ3v) is 9.19. The molecule has 3 saturated heterocycles. The first-order valence-corrected chi connectivity index (χ1v) is 10.9. The lowest BCUT2D eigenvalue weighted by molar-refractivity contribution is 0.293. The summed E-state index contributed by atoms with van der Waals surface area (Å²) >= 11 is 0. The molecule has 3 heterocycles. The van der Waals surface area contributed by atoms with Gasteiger partial charge in [0.2, 0.25) is 0 Å². The quantitative estimate of drug-likeness (QED) is 0.757. The van der Waals surface area contributed by atoms with E-state index in [0.29, 0.717) is 0 Å². The van der Waals surface area contributed by atoms with Gasteiger partial charge >= 0.3 is 7.94 Å². The molecule has 3 aliphatic heterocycles. The van der Waals surface area contributed by atoms with Crippen LogP contribution >= 0.6 is 7.94 Å². The van der Waals surface area contributed by atoms with Gasteiger partial charge in [-0.1, -0.05) is 18.2 Å². The topological polar surface area (TPSA) is 19.0 Å². The van der Waals surface area contributed by atoms with Gasteiger partial charge in [-0.15, -0.1) is 14.0 Å². The van der Waals surface area contributed by atoms with Crippen LogP contribution in [0.25, 0.3) is 0 Å². The SMILES string of the molecule is c1ccc(O[P+](N2CCCC2)(N2CCCC2)N2CCCC2)cc1. The number of benzene rings is 1. The molecule has 0 spiro atoms. The molecule has 0 radical (unpaired) electrons. The number of nitrogens with zero attached hydrogens (tertiary/aromatic N) is 3. The van der Waals surface area contributed by atoms with Gasteiger partial charge in [0.25, 0.3) is 0 Å². The highest BCUT2D eigenvalue weighted by molar-refractivity contribution is 7.64. The van der Waals surface area contributed by atoms with Crippen LogP contribution < -0.4 is 4.52 Å². The third kappa shape index (κ3) is 3.02. The van der Waals surface area contributed by atoms with Gasteiger partial charge in [0.1, 0.15) is 0 Å². The average molecular weight is 334 g/mol. The fraction of sp³-hybridized carbons (Fsp3) is 0.667. The number of rotatable bonds is 5. The van der Waals surface area contributed by atoms with E-state index >= 15 is 0 Å². The summed E-state index contributed by atoms with van der Waals surface area (Å²) in [6.07, 6.45) is 7.93. The lowest BCUT2D eigenvalue weighted by Gasteiger charge is -2.41. The first-order valence-electron chi connectivity index (χ1n) is 9.29. The Hall–Kier alpha value is -0.670. The maximum atomic E-state index is 6.94. The maximum Gasteiger partial charge on any atom is 0.417 e. The van der Waals surface area contributed by atoms with Crippen molar-refractivity contribution in [1.29, 1.82) is 0 Å². The van der Waals surface area contributed by atoms with Crippen LogP contribution in [0.1, 0.15) is 38.5 Å². The second-order valence-corrected chi connectivity index (χ2v) is 9.81. The van der Waals surface area contributed by atoms with Crippen LogP contribution in [0.5, 0.6) is 5.75 Å². The minimum Gasteiger partial charge on any atom is -0.292 e. The molecule has 0 aliphatic carbocycles. The van der Waals surface area contributed by atoms with Crippen molar-refractivity contribution < 1.29 is 4.52 Å². The summed E-state index contributed by atoms with van der Waals surface area (Å²) < 4.78 is 15.1.